The van der Waals surface area contributed by atoms with Crippen molar-refractivity contribution in [3.8, 4) is 0 Å². The molecule has 1 fully saturated rings. The normalized spacial score (nSPS) is 17.2. The average molecular weight is 318 g/mol. The summed E-state index contributed by atoms with van der Waals surface area (Å²) in [6.45, 7) is 1.39. The van der Waals surface area contributed by atoms with E-state index in [2.05, 4.69) is 10.1 Å². The van der Waals surface area contributed by atoms with Crippen LogP contribution in [0.4, 0.5) is 0 Å². The third-order valence-electron chi connectivity index (χ3n) is 3.89. The minimum atomic E-state index is -0.315. The molecule has 1 atom stereocenters. The van der Waals surface area contributed by atoms with Gasteiger partial charge in [0.25, 0.3) is 0 Å². The summed E-state index contributed by atoms with van der Waals surface area (Å²) in [6.07, 6.45) is 1.06. The van der Waals surface area contributed by atoms with E-state index in [0.29, 0.717) is 26.1 Å². The summed E-state index contributed by atoms with van der Waals surface area (Å²) in [5, 5.41) is 2.78. The Labute approximate surface area is 135 Å². The molecule has 0 radical (unpaired) electrons. The van der Waals surface area contributed by atoms with Crippen LogP contribution in [0.25, 0.3) is 0 Å². The molecule has 1 aliphatic heterocycles. The van der Waals surface area contributed by atoms with E-state index in [-0.39, 0.29) is 36.5 Å². The van der Waals surface area contributed by atoms with Crippen molar-refractivity contribution in [3.05, 3.63) is 35.9 Å². The van der Waals surface area contributed by atoms with Crippen LogP contribution < -0.4 is 5.32 Å². The topological polar surface area (TPSA) is 75.7 Å². The fraction of sp³-hybridized carbons (Fsp3) is 0.471. The molecule has 1 saturated heterocycles. The lowest BCUT2D eigenvalue weighted by Crippen LogP contribution is -2.33. The fourth-order valence-corrected chi connectivity index (χ4v) is 2.60. The Bertz CT molecular complexity index is 559. The molecule has 0 aromatic heterocycles. The molecule has 1 aromatic rings. The van der Waals surface area contributed by atoms with Gasteiger partial charge in [0.15, 0.2) is 0 Å². The first-order valence-electron chi connectivity index (χ1n) is 7.76. The highest BCUT2D eigenvalue weighted by Crippen LogP contribution is 2.20. The lowest BCUT2D eigenvalue weighted by molar-refractivity contribution is -0.140. The van der Waals surface area contributed by atoms with Gasteiger partial charge < -0.3 is 15.0 Å². The molecule has 0 saturated carbocycles. The van der Waals surface area contributed by atoms with Gasteiger partial charge >= 0.3 is 5.97 Å². The Morgan fingerprint density at radius 3 is 2.74 bits per heavy atom. The molecule has 1 N–H and O–H groups in total. The summed E-state index contributed by atoms with van der Waals surface area (Å²) in [4.78, 5) is 36.8. The standard InChI is InChI=1S/C17H22N2O4/c1-23-16(21)8-5-9-18-17(22)14-10-15(20)19(12-14)11-13-6-3-2-4-7-13/h2-4,6-7,14H,5,8-12H2,1H3,(H,18,22)/t14-/m1/s1. The van der Waals surface area contributed by atoms with Crippen LogP contribution in [-0.2, 0) is 25.7 Å². The maximum Gasteiger partial charge on any atom is 0.305 e. The molecule has 1 aromatic carbocycles. The minimum Gasteiger partial charge on any atom is -0.469 e. The molecule has 0 aliphatic carbocycles. The van der Waals surface area contributed by atoms with E-state index in [1.807, 2.05) is 30.3 Å². The summed E-state index contributed by atoms with van der Waals surface area (Å²) in [5.74, 6) is -0.726. The third kappa shape index (κ3) is 5.09. The van der Waals surface area contributed by atoms with Crippen molar-refractivity contribution < 1.29 is 19.1 Å². The zero-order valence-electron chi connectivity index (χ0n) is 13.3. The van der Waals surface area contributed by atoms with Crippen molar-refractivity contribution in [1.82, 2.24) is 10.2 Å². The van der Waals surface area contributed by atoms with E-state index in [1.54, 1.807) is 4.90 Å². The van der Waals surface area contributed by atoms with E-state index in [0.717, 1.165) is 5.56 Å². The highest BCUT2D eigenvalue weighted by Gasteiger charge is 2.33. The van der Waals surface area contributed by atoms with Crippen molar-refractivity contribution in [2.45, 2.75) is 25.8 Å². The maximum absolute atomic E-state index is 12.1. The van der Waals surface area contributed by atoms with Crippen LogP contribution >= 0.6 is 0 Å². The molecule has 124 valence electrons. The number of nitrogens with zero attached hydrogens (tertiary/aromatic N) is 1. The quantitative estimate of drug-likeness (QED) is 0.603. The van der Waals surface area contributed by atoms with Crippen LogP contribution in [0.15, 0.2) is 30.3 Å². The van der Waals surface area contributed by atoms with Crippen LogP contribution in [0.3, 0.4) is 0 Å². The number of carbonyl (C=O) groups is 3. The number of likely N-dealkylation sites (tertiary alicyclic amines) is 1. The molecule has 0 spiro atoms. The molecule has 2 rings (SSSR count). The van der Waals surface area contributed by atoms with E-state index in [9.17, 15) is 14.4 Å². The lowest BCUT2D eigenvalue weighted by Gasteiger charge is -2.16. The summed E-state index contributed by atoms with van der Waals surface area (Å²) >= 11 is 0. The van der Waals surface area contributed by atoms with Crippen LogP contribution in [0, 0.1) is 5.92 Å². The van der Waals surface area contributed by atoms with Gasteiger partial charge in [-0.3, -0.25) is 14.4 Å². The van der Waals surface area contributed by atoms with Crippen molar-refractivity contribution in [2.75, 3.05) is 20.2 Å². The number of amides is 2. The predicted octanol–water partition coefficient (Wildman–Crippen LogP) is 1.10. The molecule has 6 heteroatoms. The molecule has 0 unspecified atom stereocenters. The van der Waals surface area contributed by atoms with Gasteiger partial charge in [-0.05, 0) is 12.0 Å². The first kappa shape index (κ1) is 17.0. The number of hydrogen-bond donors (Lipinski definition) is 1. The number of hydrogen-bond acceptors (Lipinski definition) is 4. The number of rotatable bonds is 7. The highest BCUT2D eigenvalue weighted by molar-refractivity contribution is 5.89. The molecule has 1 aliphatic rings. The largest absolute Gasteiger partial charge is 0.469 e. The summed E-state index contributed by atoms with van der Waals surface area (Å²) in [7, 11) is 1.34. The molecule has 23 heavy (non-hydrogen) atoms. The average Bonchev–Trinajstić information content (AvgIpc) is 2.93. The van der Waals surface area contributed by atoms with E-state index >= 15 is 0 Å². The van der Waals surface area contributed by atoms with E-state index in [4.69, 9.17) is 0 Å². The lowest BCUT2D eigenvalue weighted by atomic mass is 10.1. The molecule has 6 nitrogen and oxygen atoms in total. The molecular weight excluding hydrogens is 296 g/mol. The van der Waals surface area contributed by atoms with Gasteiger partial charge in [-0.1, -0.05) is 30.3 Å². The molecule has 1 heterocycles. The Kier molecular flexibility index (Phi) is 6.14. The SMILES string of the molecule is COC(=O)CCCNC(=O)[C@@H]1CC(=O)N(Cc2ccccc2)C1. The molecule has 2 amide bonds. The predicted molar refractivity (Wildman–Crippen MR) is 84.2 cm³/mol. The summed E-state index contributed by atoms with van der Waals surface area (Å²) in [6, 6.07) is 9.73. The van der Waals surface area contributed by atoms with Gasteiger partial charge in [0.1, 0.15) is 0 Å². The van der Waals surface area contributed by atoms with Crippen LogP contribution in [0.2, 0.25) is 0 Å². The second kappa shape index (κ2) is 8.31. The maximum atomic E-state index is 12.1. The monoisotopic (exact) mass is 318 g/mol. The van der Waals surface area contributed by atoms with Gasteiger partial charge in [-0.15, -0.1) is 0 Å². The first-order chi connectivity index (χ1) is 11.1. The zero-order chi connectivity index (χ0) is 16.7. The zero-order valence-corrected chi connectivity index (χ0v) is 13.3. The Balaban J connectivity index is 1.75. The molecule has 0 bridgehead atoms. The number of ether oxygens (including phenoxy) is 1. The van der Waals surface area contributed by atoms with Gasteiger partial charge in [-0.25, -0.2) is 0 Å². The van der Waals surface area contributed by atoms with Crippen molar-refractivity contribution in [3.63, 3.8) is 0 Å². The van der Waals surface area contributed by atoms with Crippen LogP contribution in [0.1, 0.15) is 24.8 Å². The summed E-state index contributed by atoms with van der Waals surface area (Å²) < 4.78 is 4.54. The summed E-state index contributed by atoms with van der Waals surface area (Å²) in [5.41, 5.74) is 1.06. The fourth-order valence-electron chi connectivity index (χ4n) is 2.60. The number of benzene rings is 1. The number of carbonyl (C=O) groups excluding carboxylic acids is 3. The Morgan fingerprint density at radius 2 is 2.04 bits per heavy atom. The van der Waals surface area contributed by atoms with E-state index < -0.39 is 0 Å². The third-order valence-corrected chi connectivity index (χ3v) is 3.89. The van der Waals surface area contributed by atoms with Gasteiger partial charge in [-0.2, -0.15) is 0 Å². The van der Waals surface area contributed by atoms with Crippen LogP contribution in [0.5, 0.6) is 0 Å². The smallest absolute Gasteiger partial charge is 0.305 e. The van der Waals surface area contributed by atoms with Crippen molar-refractivity contribution >= 4 is 17.8 Å². The van der Waals surface area contributed by atoms with Gasteiger partial charge in [0.05, 0.1) is 13.0 Å². The van der Waals surface area contributed by atoms with Gasteiger partial charge in [0.2, 0.25) is 11.8 Å². The Hall–Kier alpha value is -2.37. The first-order valence-corrected chi connectivity index (χ1v) is 7.76. The van der Waals surface area contributed by atoms with Crippen molar-refractivity contribution in [2.24, 2.45) is 5.92 Å². The van der Waals surface area contributed by atoms with E-state index in [1.165, 1.54) is 7.11 Å². The van der Waals surface area contributed by atoms with Crippen LogP contribution in [-0.4, -0.2) is 42.9 Å². The Morgan fingerprint density at radius 1 is 1.30 bits per heavy atom. The number of esters is 1. The molecular formula is C17H22N2O4. The number of nitrogens with one attached hydrogen (secondary N) is 1. The highest BCUT2D eigenvalue weighted by atomic mass is 16.5. The van der Waals surface area contributed by atoms with Crippen molar-refractivity contribution in [1.29, 1.82) is 0 Å². The second-order valence-electron chi connectivity index (χ2n) is 5.63. The number of methoxy groups -OCH3 is 1. The second-order valence-corrected chi connectivity index (χ2v) is 5.63. The van der Waals surface area contributed by atoms with Gasteiger partial charge in [0, 0.05) is 32.5 Å². The minimum absolute atomic E-state index is 0.00330.